The molecule has 5 rings (SSSR count). The summed E-state index contributed by atoms with van der Waals surface area (Å²) in [6.45, 7) is 1.23. The number of carboxylic acids is 5. The summed E-state index contributed by atoms with van der Waals surface area (Å²) in [6, 6.07) is 13.3. The van der Waals surface area contributed by atoms with Gasteiger partial charge >= 0.3 is 29.8 Å². The van der Waals surface area contributed by atoms with Crippen LogP contribution in [0.4, 0.5) is 0 Å². The lowest BCUT2D eigenvalue weighted by Crippen LogP contribution is -2.61. The van der Waals surface area contributed by atoms with Crippen molar-refractivity contribution >= 4 is 124 Å². The Labute approximate surface area is 815 Å². The lowest BCUT2D eigenvalue weighted by molar-refractivity contribution is -0.142. The average Bonchev–Trinajstić information content (AvgIpc) is 0.755. The van der Waals surface area contributed by atoms with E-state index in [1.807, 2.05) is 16.7 Å². The van der Waals surface area contributed by atoms with Gasteiger partial charge in [0.25, 0.3) is 0 Å². The highest BCUT2D eigenvalue weighted by molar-refractivity contribution is 6.02. The molecule has 0 aromatic heterocycles. The summed E-state index contributed by atoms with van der Waals surface area (Å²) in [4.78, 5) is 280. The van der Waals surface area contributed by atoms with Crippen LogP contribution in [-0.4, -0.2) is 280 Å². The second-order valence-corrected chi connectivity index (χ2v) is 33.4. The van der Waals surface area contributed by atoms with Crippen molar-refractivity contribution in [3.63, 3.8) is 0 Å². The van der Waals surface area contributed by atoms with Crippen molar-refractivity contribution in [2.24, 2.45) is 23.1 Å². The van der Waals surface area contributed by atoms with Crippen LogP contribution in [0.15, 0.2) is 127 Å². The number of aliphatic hydroxyl groups is 2. The number of carbonyl (C=O) groups is 21. The van der Waals surface area contributed by atoms with E-state index in [0.29, 0.717) is 77.2 Å². The Hall–Kier alpha value is -15.8. The molecule has 0 aliphatic heterocycles. The molecular weight excluding hydrogens is 1860 g/mol. The second-order valence-electron chi connectivity index (χ2n) is 33.4. The van der Waals surface area contributed by atoms with Gasteiger partial charge in [-0.05, 0) is 147 Å². The molecule has 0 bridgehead atoms. The van der Waals surface area contributed by atoms with Crippen LogP contribution in [0.3, 0.4) is 0 Å². The maximum atomic E-state index is 14.5. The molecule has 772 valence electrons. The molecule has 12 atom stereocenters. The number of ether oxygens (including phenoxy) is 3. The quantitative estimate of drug-likeness (QED) is 0.0132. The van der Waals surface area contributed by atoms with Gasteiger partial charge in [0, 0.05) is 38.5 Å². The van der Waals surface area contributed by atoms with E-state index < -0.39 is 286 Å². The molecule has 0 unspecified atom stereocenters. The van der Waals surface area contributed by atoms with Crippen LogP contribution in [0.1, 0.15) is 157 Å². The minimum Gasteiger partial charge on any atom is -0.497 e. The smallest absolute Gasteiger partial charge is 0.326 e. The van der Waals surface area contributed by atoms with Crippen LogP contribution in [-0.2, 0) is 126 Å². The van der Waals surface area contributed by atoms with Crippen LogP contribution >= 0.6 is 0 Å². The van der Waals surface area contributed by atoms with Crippen molar-refractivity contribution in [2.75, 3.05) is 47.6 Å². The number of hydrogen-bond acceptors (Lipinski definition) is 27. The number of hydrogen-bond donors (Lipinski definition) is 24. The monoisotopic (exact) mass is 1990 g/mol. The van der Waals surface area contributed by atoms with Gasteiger partial charge in [-0.3, -0.25) is 95.9 Å². The third-order valence-electron chi connectivity index (χ3n) is 22.1. The molecule has 27 N–H and O–H groups in total. The Balaban J connectivity index is 1.25. The van der Waals surface area contributed by atoms with Crippen molar-refractivity contribution in [1.82, 2.24) is 74.4 Å². The molecule has 0 heterocycles. The van der Waals surface area contributed by atoms with Gasteiger partial charge in [-0.25, -0.2) is 4.79 Å². The van der Waals surface area contributed by atoms with Gasteiger partial charge in [0.05, 0.1) is 60.3 Å². The molecule has 0 fully saturated rings. The zero-order valence-electron chi connectivity index (χ0n) is 79.1. The number of unbranched alkanes of at least 4 members (excludes halogenated alkanes) is 3. The minimum atomic E-state index is -2.34. The van der Waals surface area contributed by atoms with Gasteiger partial charge in [0.2, 0.25) is 94.5 Å². The van der Waals surface area contributed by atoms with Gasteiger partial charge in [0.15, 0.2) is 0 Å². The first-order chi connectivity index (χ1) is 67.3. The number of aliphatic carboxylic acids is 5. The van der Waals surface area contributed by atoms with Gasteiger partial charge in [-0.2, -0.15) is 0 Å². The van der Waals surface area contributed by atoms with Crippen molar-refractivity contribution < 1.29 is 151 Å². The number of nitrogens with two attached hydrogens (primary N) is 3. The number of aryl methyl sites for hydroxylation is 1. The first-order valence-electron chi connectivity index (χ1n) is 45.2. The molecule has 142 heavy (non-hydrogen) atoms. The molecule has 0 radical (unpaired) electrons. The number of methoxy groups -OCH3 is 3. The van der Waals surface area contributed by atoms with Gasteiger partial charge in [-0.1, -0.05) is 111 Å². The average molecular weight is 1990 g/mol. The number of aliphatic hydroxyl groups excluding tert-OH is 1. The molecule has 48 heteroatoms. The summed E-state index contributed by atoms with van der Waals surface area (Å²) < 4.78 is 16.4. The molecule has 16 amide bonds. The standard InChI is InChI=1S/C94H125N17O31/c1-51(2)81(111-76(117)49-99-83(127)61(34-38-77(118)119)101-74(115)24-15-9-14-22-55-44-58(29-37-71(55)142-6)94(139,56-25-30-59(140-4)31-26-56)57-27-32-60(141-5)33-28-57)92(136)109-68(46-73(97)114)89(133)108-69(47-80(124)125)90(134)107-67(45-72(96)113)88(132)104-63(36-40-79(122)123)85(129)103-62(35-39-78(120)121)84(128)98-48-75(116)102-65(42-53-18-10-7-11-19-53)86(130)106-66(43-54-20-12-8-13-21-54)87(131)110-70(50-112)91(135)100-52(3)82(126)105-64(93(137)138)23-16-17-41-95/h7-8,10-13,18-21,25-33,37,44,51-52,61-70,81,112,139H,9,14-17,22-24,34-36,38-43,45-50,95H2,1-6H3,(H2,96,113)(H2,97,114)(H,98,128)(H,99,127)(H,100,135)(H,101,115)(H,102,116)(H,103,129)(H,104,132)(H,105,126)(H,106,130)(H,107,134)(H,108,133)(H,109,136)(H,110,131)(H,111,117)(H,118,119)(H,120,121)(H,122,123)(H,124,125)(H,137,138)/t52-,61-,62-,63-,64-,65-,66-,67-,68-,69-,70-,81-/m0/s1. The molecule has 5 aromatic rings. The predicted molar refractivity (Wildman–Crippen MR) is 501 cm³/mol. The first-order valence-corrected chi connectivity index (χ1v) is 45.2. The number of carbonyl (C=O) groups excluding carboxylic acids is 16. The van der Waals surface area contributed by atoms with E-state index >= 15 is 0 Å². The number of benzene rings is 5. The molecule has 0 aliphatic rings. The molecule has 0 aliphatic carbocycles. The topological polar surface area (TPSA) is 774 Å². The van der Waals surface area contributed by atoms with Crippen LogP contribution in [0.25, 0.3) is 0 Å². The first kappa shape index (κ1) is 117. The zero-order chi connectivity index (χ0) is 105. The highest BCUT2D eigenvalue weighted by Crippen LogP contribution is 2.40. The van der Waals surface area contributed by atoms with Gasteiger partial charge in [0.1, 0.15) is 95.4 Å². The van der Waals surface area contributed by atoms with Gasteiger partial charge < -0.3 is 142 Å². The lowest BCUT2D eigenvalue weighted by Gasteiger charge is -2.31. The molecule has 0 saturated heterocycles. The van der Waals surface area contributed by atoms with Gasteiger partial charge in [-0.15, -0.1) is 0 Å². The number of primary amides is 2. The van der Waals surface area contributed by atoms with E-state index in [9.17, 15) is 136 Å². The van der Waals surface area contributed by atoms with E-state index in [1.165, 1.54) is 42.1 Å². The SMILES string of the molecule is COc1ccc(C(O)(c2ccc(OC)cc2)c2ccc(OC)c(CCCCCC(=O)N[C@@H](CCC(=O)O)C(=O)NCC(=O)N[C@H](C(=O)N[C@@H](CC(N)=O)C(=O)N[C@@H](CC(=O)O)C(=O)N[C@@H](CC(N)=O)C(=O)N[C@@H](CCC(=O)O)C(=O)N[C@@H](CCC(=O)O)C(=O)NCC(=O)N[C@@H](Cc3ccccc3)C(=O)N[C@@H](Cc3ccccc3)C(=O)N[C@@H](CO)C(=O)N[C@@H](C)C(=O)N[C@@H](CCCCN)C(=O)O)C(C)C)c2)cc1. The van der Waals surface area contributed by atoms with Crippen LogP contribution in [0.5, 0.6) is 17.2 Å². The third kappa shape index (κ3) is 40.0. The number of amides is 16. The summed E-state index contributed by atoms with van der Waals surface area (Å²) in [7, 11) is 4.54. The lowest BCUT2D eigenvalue weighted by atomic mass is 9.79. The molecule has 0 spiro atoms. The van der Waals surface area contributed by atoms with Crippen LogP contribution in [0, 0.1) is 5.92 Å². The number of rotatable bonds is 65. The maximum absolute atomic E-state index is 14.5. The van der Waals surface area contributed by atoms with Crippen molar-refractivity contribution in [2.45, 2.75) is 221 Å². The Morgan fingerprint density at radius 2 is 0.739 bits per heavy atom. The Kier molecular flexibility index (Phi) is 48.9. The van der Waals surface area contributed by atoms with E-state index in [2.05, 4.69) is 63.8 Å². The van der Waals surface area contributed by atoms with E-state index in [-0.39, 0.29) is 38.6 Å². The predicted octanol–water partition coefficient (Wildman–Crippen LogP) is -3.66. The Bertz CT molecular complexity index is 5160. The Morgan fingerprint density at radius 1 is 0.352 bits per heavy atom. The molecule has 48 nitrogen and oxygen atoms in total. The summed E-state index contributed by atoms with van der Waals surface area (Å²) in [6.07, 6.45) is -6.57. The van der Waals surface area contributed by atoms with Crippen molar-refractivity contribution in [3.05, 3.63) is 161 Å². The minimum absolute atomic E-state index is 0.0101. The molecular formula is C94H125N17O31. The largest absolute Gasteiger partial charge is 0.497 e. The Morgan fingerprint density at radius 3 is 1.17 bits per heavy atom. The summed E-state index contributed by atoms with van der Waals surface area (Å²) in [5, 5.41) is 103. The van der Waals surface area contributed by atoms with E-state index in [4.69, 9.17) is 31.4 Å². The summed E-state index contributed by atoms with van der Waals surface area (Å²) in [5.74, 6) is -26.4. The third-order valence-corrected chi connectivity index (χ3v) is 22.1. The van der Waals surface area contributed by atoms with Crippen LogP contribution in [0.2, 0.25) is 0 Å². The van der Waals surface area contributed by atoms with E-state index in [1.54, 1.807) is 121 Å². The normalized spacial score (nSPS) is 13.6. The van der Waals surface area contributed by atoms with Crippen LogP contribution < -0.4 is 106 Å². The summed E-state index contributed by atoms with van der Waals surface area (Å²) >= 11 is 0. The number of nitrogens with one attached hydrogen (secondary N) is 14. The highest BCUT2D eigenvalue weighted by Gasteiger charge is 2.40. The zero-order valence-corrected chi connectivity index (χ0v) is 79.1. The maximum Gasteiger partial charge on any atom is 0.326 e. The second kappa shape index (κ2) is 59.5. The summed E-state index contributed by atoms with van der Waals surface area (Å²) in [5.41, 5.74) is 17.9. The van der Waals surface area contributed by atoms with Crippen molar-refractivity contribution in [3.8, 4) is 17.2 Å². The fraction of sp³-hybridized carbons (Fsp3) is 0.457. The number of carboxylic acid groups (broad SMARTS) is 5. The van der Waals surface area contributed by atoms with E-state index in [0.717, 1.165) is 5.56 Å². The molecule has 0 saturated carbocycles. The molecule has 5 aromatic carbocycles. The fourth-order valence-electron chi connectivity index (χ4n) is 14.4. The van der Waals surface area contributed by atoms with Crippen molar-refractivity contribution in [1.29, 1.82) is 0 Å². The highest BCUT2D eigenvalue weighted by atomic mass is 16.5. The fourth-order valence-corrected chi connectivity index (χ4v) is 14.4.